The summed E-state index contributed by atoms with van der Waals surface area (Å²) in [5, 5.41) is 10.5. The van der Waals surface area contributed by atoms with E-state index in [4.69, 9.17) is 14.3 Å². The van der Waals surface area contributed by atoms with Crippen LogP contribution in [-0.2, 0) is 4.79 Å². The molecule has 5 heteroatoms. The number of carboxylic acid groups (broad SMARTS) is 1. The van der Waals surface area contributed by atoms with Gasteiger partial charge in [-0.3, -0.25) is 4.98 Å². The summed E-state index contributed by atoms with van der Waals surface area (Å²) in [5.41, 5.74) is 2.01. The summed E-state index contributed by atoms with van der Waals surface area (Å²) in [4.78, 5) is 14.8. The van der Waals surface area contributed by atoms with E-state index < -0.39 is 5.97 Å². The molecule has 0 aliphatic carbocycles. The minimum absolute atomic E-state index is 0.523. The molecule has 0 amide bonds. The van der Waals surface area contributed by atoms with Gasteiger partial charge in [0.1, 0.15) is 0 Å². The van der Waals surface area contributed by atoms with Gasteiger partial charge >= 0.3 is 5.97 Å². The molecule has 0 bridgehead atoms. The first-order valence-corrected chi connectivity index (χ1v) is 6.53. The summed E-state index contributed by atoms with van der Waals surface area (Å²) in [6.45, 7) is 2.42. The monoisotopic (exact) mass is 283 g/mol. The molecule has 0 radical (unpaired) electrons. The van der Waals surface area contributed by atoms with Crippen molar-refractivity contribution in [2.75, 3.05) is 6.61 Å². The van der Waals surface area contributed by atoms with Gasteiger partial charge in [-0.05, 0) is 30.7 Å². The van der Waals surface area contributed by atoms with Crippen molar-refractivity contribution in [2.24, 2.45) is 0 Å². The van der Waals surface area contributed by atoms with E-state index in [2.05, 4.69) is 4.98 Å². The number of carboxylic acids is 1. The molecule has 106 valence electrons. The third-order valence-corrected chi connectivity index (χ3v) is 3.12. The number of aliphatic carboxylic acids is 1. The first-order valence-electron chi connectivity index (χ1n) is 6.53. The Morgan fingerprint density at radius 1 is 1.43 bits per heavy atom. The largest absolute Gasteiger partial charge is 0.490 e. The lowest BCUT2D eigenvalue weighted by atomic mass is 10.1. The Labute approximate surface area is 120 Å². The second kappa shape index (κ2) is 5.28. The maximum atomic E-state index is 10.7. The Hall–Kier alpha value is -2.82. The molecule has 3 aromatic rings. The summed E-state index contributed by atoms with van der Waals surface area (Å²) in [7, 11) is 0. The summed E-state index contributed by atoms with van der Waals surface area (Å²) < 4.78 is 11.4. The average Bonchev–Trinajstić information content (AvgIpc) is 2.86. The fourth-order valence-corrected chi connectivity index (χ4v) is 2.30. The van der Waals surface area contributed by atoms with Crippen molar-refractivity contribution in [3.63, 3.8) is 0 Å². The molecule has 0 saturated heterocycles. The van der Waals surface area contributed by atoms with E-state index in [1.807, 2.05) is 19.1 Å². The summed E-state index contributed by atoms with van der Waals surface area (Å²) in [6, 6.07) is 5.44. The summed E-state index contributed by atoms with van der Waals surface area (Å²) >= 11 is 0. The van der Waals surface area contributed by atoms with Crippen molar-refractivity contribution in [1.29, 1.82) is 0 Å². The standard InChI is InChI=1S/C16H13NO4/c1-2-20-12-5-3-10(4-6-14(18)19)15-11-7-8-17-9-13(11)21-16(12)15/h3-9H,2H2,1H3,(H,18,19). The molecule has 21 heavy (non-hydrogen) atoms. The molecule has 0 spiro atoms. The lowest BCUT2D eigenvalue weighted by molar-refractivity contribution is -0.131. The van der Waals surface area contributed by atoms with E-state index in [0.29, 0.717) is 23.5 Å². The van der Waals surface area contributed by atoms with Crippen LogP contribution in [0.15, 0.2) is 41.1 Å². The van der Waals surface area contributed by atoms with Gasteiger partial charge in [-0.2, -0.15) is 0 Å². The minimum Gasteiger partial charge on any atom is -0.490 e. The highest BCUT2D eigenvalue weighted by Gasteiger charge is 2.14. The van der Waals surface area contributed by atoms with Crippen LogP contribution in [0.4, 0.5) is 0 Å². The van der Waals surface area contributed by atoms with E-state index in [1.165, 1.54) is 0 Å². The first kappa shape index (κ1) is 13.2. The highest BCUT2D eigenvalue weighted by Crippen LogP contribution is 2.37. The Bertz CT molecular complexity index is 848. The zero-order valence-electron chi connectivity index (χ0n) is 11.4. The van der Waals surface area contributed by atoms with E-state index in [-0.39, 0.29) is 0 Å². The second-order valence-electron chi connectivity index (χ2n) is 4.44. The SMILES string of the molecule is CCOc1ccc(C=CC(=O)O)c2c1oc1cnccc12. The molecule has 0 atom stereocenters. The van der Waals surface area contributed by atoms with E-state index in [9.17, 15) is 4.79 Å². The number of fused-ring (bicyclic) bond motifs is 3. The van der Waals surface area contributed by atoms with Crippen LogP contribution < -0.4 is 4.74 Å². The van der Waals surface area contributed by atoms with Gasteiger partial charge in [0, 0.05) is 23.0 Å². The normalized spacial score (nSPS) is 11.5. The van der Waals surface area contributed by atoms with Gasteiger partial charge < -0.3 is 14.3 Å². The number of rotatable bonds is 4. The molecular formula is C16H13NO4. The average molecular weight is 283 g/mol. The minimum atomic E-state index is -0.994. The molecule has 2 aromatic heterocycles. The van der Waals surface area contributed by atoms with Crippen molar-refractivity contribution >= 4 is 34.0 Å². The molecule has 0 unspecified atom stereocenters. The van der Waals surface area contributed by atoms with Gasteiger partial charge in [0.2, 0.25) is 0 Å². The molecule has 1 N–H and O–H groups in total. The molecular weight excluding hydrogens is 270 g/mol. The van der Waals surface area contributed by atoms with E-state index >= 15 is 0 Å². The molecule has 0 aliphatic heterocycles. The van der Waals surface area contributed by atoms with Crippen LogP contribution in [0.2, 0.25) is 0 Å². The van der Waals surface area contributed by atoms with Gasteiger partial charge in [-0.15, -0.1) is 0 Å². The number of nitrogens with zero attached hydrogens (tertiary/aromatic N) is 1. The number of benzene rings is 1. The molecule has 0 fully saturated rings. The van der Waals surface area contributed by atoms with Crippen LogP contribution in [0.5, 0.6) is 5.75 Å². The smallest absolute Gasteiger partial charge is 0.328 e. The lowest BCUT2D eigenvalue weighted by Gasteiger charge is -2.05. The molecule has 0 aliphatic rings. The van der Waals surface area contributed by atoms with Crippen LogP contribution in [0, 0.1) is 0 Å². The van der Waals surface area contributed by atoms with Crippen molar-refractivity contribution in [3.8, 4) is 5.75 Å². The van der Waals surface area contributed by atoms with Crippen molar-refractivity contribution in [1.82, 2.24) is 4.98 Å². The summed E-state index contributed by atoms with van der Waals surface area (Å²) in [5.74, 6) is -0.359. The predicted molar refractivity (Wildman–Crippen MR) is 79.4 cm³/mol. The van der Waals surface area contributed by atoms with Gasteiger partial charge in [-0.1, -0.05) is 6.07 Å². The highest BCUT2D eigenvalue weighted by molar-refractivity contribution is 6.11. The molecule has 3 rings (SSSR count). The third-order valence-electron chi connectivity index (χ3n) is 3.12. The number of furan rings is 1. The predicted octanol–water partition coefficient (Wildman–Crippen LogP) is 3.48. The van der Waals surface area contributed by atoms with Crippen molar-refractivity contribution in [2.45, 2.75) is 6.92 Å². The van der Waals surface area contributed by atoms with Crippen LogP contribution in [-0.4, -0.2) is 22.7 Å². The summed E-state index contributed by atoms with van der Waals surface area (Å²) in [6.07, 6.45) is 5.97. The van der Waals surface area contributed by atoms with Gasteiger partial charge in [0.25, 0.3) is 0 Å². The Balaban J connectivity index is 2.33. The van der Waals surface area contributed by atoms with Gasteiger partial charge in [0.05, 0.1) is 12.8 Å². The number of ether oxygens (including phenoxy) is 1. The highest BCUT2D eigenvalue weighted by atomic mass is 16.5. The number of hydrogen-bond donors (Lipinski definition) is 1. The van der Waals surface area contributed by atoms with Crippen molar-refractivity contribution in [3.05, 3.63) is 42.2 Å². The van der Waals surface area contributed by atoms with Crippen molar-refractivity contribution < 1.29 is 19.1 Å². The fraction of sp³-hybridized carbons (Fsp3) is 0.125. The van der Waals surface area contributed by atoms with E-state index in [1.54, 1.807) is 24.5 Å². The number of hydrogen-bond acceptors (Lipinski definition) is 4. The maximum absolute atomic E-state index is 10.7. The Morgan fingerprint density at radius 3 is 3.05 bits per heavy atom. The molecule has 5 nitrogen and oxygen atoms in total. The maximum Gasteiger partial charge on any atom is 0.328 e. The van der Waals surface area contributed by atoms with E-state index in [0.717, 1.165) is 22.4 Å². The van der Waals surface area contributed by atoms with Crippen LogP contribution in [0.25, 0.3) is 28.0 Å². The zero-order chi connectivity index (χ0) is 14.8. The quantitative estimate of drug-likeness (QED) is 0.742. The molecule has 0 saturated carbocycles. The lowest BCUT2D eigenvalue weighted by Crippen LogP contribution is -1.92. The molecule has 1 aromatic carbocycles. The fourth-order valence-electron chi connectivity index (χ4n) is 2.30. The number of carbonyl (C=O) groups is 1. The van der Waals surface area contributed by atoms with Crippen LogP contribution in [0.3, 0.4) is 0 Å². The van der Waals surface area contributed by atoms with Gasteiger partial charge in [-0.25, -0.2) is 4.79 Å². The zero-order valence-corrected chi connectivity index (χ0v) is 11.4. The Kier molecular flexibility index (Phi) is 3.31. The molecule has 2 heterocycles. The Morgan fingerprint density at radius 2 is 2.29 bits per heavy atom. The van der Waals surface area contributed by atoms with Crippen LogP contribution in [0.1, 0.15) is 12.5 Å². The topological polar surface area (TPSA) is 72.6 Å². The second-order valence-corrected chi connectivity index (χ2v) is 4.44. The third kappa shape index (κ3) is 2.33. The first-order chi connectivity index (χ1) is 10.2. The number of pyridine rings is 1. The number of aromatic nitrogens is 1. The van der Waals surface area contributed by atoms with Gasteiger partial charge in [0.15, 0.2) is 16.9 Å². The van der Waals surface area contributed by atoms with Crippen LogP contribution >= 0.6 is 0 Å².